The second kappa shape index (κ2) is 6.39. The molecule has 4 nitrogen and oxygen atoms in total. The maximum Gasteiger partial charge on any atom is 0.342 e. The summed E-state index contributed by atoms with van der Waals surface area (Å²) in [4.78, 5) is 19.6. The summed E-state index contributed by atoms with van der Waals surface area (Å²) in [6.45, 7) is 5.12. The Morgan fingerprint density at radius 1 is 1.50 bits per heavy atom. The van der Waals surface area contributed by atoms with E-state index in [2.05, 4.69) is 25.7 Å². The van der Waals surface area contributed by atoms with Gasteiger partial charge >= 0.3 is 5.97 Å². The molecule has 0 aromatic heterocycles. The largest absolute Gasteiger partial charge is 0.342 e. The van der Waals surface area contributed by atoms with Crippen LogP contribution in [0.5, 0.6) is 0 Å². The highest BCUT2D eigenvalue weighted by Gasteiger charge is 2.09. The van der Waals surface area contributed by atoms with Gasteiger partial charge in [-0.25, -0.2) is 4.79 Å². The van der Waals surface area contributed by atoms with E-state index in [1.807, 2.05) is 0 Å². The van der Waals surface area contributed by atoms with Crippen LogP contribution >= 0.6 is 15.9 Å². The van der Waals surface area contributed by atoms with Crippen molar-refractivity contribution in [3.63, 3.8) is 0 Å². The molecule has 0 fully saturated rings. The monoisotopic (exact) mass is 240 g/mol. The van der Waals surface area contributed by atoms with Crippen molar-refractivity contribution >= 4 is 21.9 Å². The molecule has 2 unspecified atom stereocenters. The van der Waals surface area contributed by atoms with Crippen LogP contribution in [0.25, 0.3) is 0 Å². The lowest BCUT2D eigenvalue weighted by Gasteiger charge is -2.13. The number of ether oxygens (including phenoxy) is 1. The van der Waals surface area contributed by atoms with E-state index in [1.54, 1.807) is 20.8 Å². The van der Waals surface area contributed by atoms with E-state index in [9.17, 15) is 4.79 Å². The van der Waals surface area contributed by atoms with Gasteiger partial charge in [-0.1, -0.05) is 22.9 Å². The van der Waals surface area contributed by atoms with Gasteiger partial charge in [0.05, 0.1) is 0 Å². The van der Waals surface area contributed by atoms with Gasteiger partial charge in [0.2, 0.25) is 6.29 Å². The highest BCUT2D eigenvalue weighted by atomic mass is 79.9. The molecule has 12 heavy (non-hydrogen) atoms. The molecule has 0 aromatic rings. The Labute approximate surface area is 80.2 Å². The zero-order valence-electron chi connectivity index (χ0n) is 7.37. The molecule has 0 aromatic carbocycles. The zero-order chi connectivity index (χ0) is 9.56. The zero-order valence-corrected chi connectivity index (χ0v) is 8.96. The van der Waals surface area contributed by atoms with Crippen LogP contribution in [0.1, 0.15) is 27.2 Å². The van der Waals surface area contributed by atoms with Gasteiger partial charge in [0.25, 0.3) is 0 Å². The molecule has 0 amide bonds. The first-order valence-electron chi connectivity index (χ1n) is 3.72. The molecule has 0 saturated carbocycles. The van der Waals surface area contributed by atoms with Gasteiger partial charge < -0.3 is 4.74 Å². The minimum atomic E-state index is -0.560. The van der Waals surface area contributed by atoms with Crippen LogP contribution in [0.4, 0.5) is 0 Å². The Hall–Kier alpha value is -0.130. The molecule has 0 aliphatic rings. The van der Waals surface area contributed by atoms with Gasteiger partial charge in [0.1, 0.15) is 5.01 Å². The van der Waals surface area contributed by atoms with Crippen molar-refractivity contribution in [3.05, 3.63) is 0 Å². The van der Waals surface area contributed by atoms with Gasteiger partial charge in [0.15, 0.2) is 0 Å². The van der Waals surface area contributed by atoms with Crippen LogP contribution in [-0.4, -0.2) is 17.3 Å². The summed E-state index contributed by atoms with van der Waals surface area (Å²) in [6, 6.07) is 0. The lowest BCUT2D eigenvalue weighted by atomic mass is 10.5. The van der Waals surface area contributed by atoms with Crippen molar-refractivity contribution in [2.45, 2.75) is 38.5 Å². The van der Waals surface area contributed by atoms with E-state index in [1.165, 1.54) is 0 Å². The maximum atomic E-state index is 10.6. The third kappa shape index (κ3) is 6.57. The number of hydrogen-bond donors (Lipinski definition) is 0. The minimum Gasteiger partial charge on any atom is -0.335 e. The molecule has 2 atom stereocenters. The summed E-state index contributed by atoms with van der Waals surface area (Å²) in [5.74, 6) is -0.410. The third-order valence-electron chi connectivity index (χ3n) is 0.944. The SMILES string of the molecule is CCC(=O)OOC(C)OC(C)Br. The van der Waals surface area contributed by atoms with Crippen molar-refractivity contribution in [2.75, 3.05) is 0 Å². The Morgan fingerprint density at radius 3 is 2.50 bits per heavy atom. The number of alkyl halides is 1. The van der Waals surface area contributed by atoms with E-state index >= 15 is 0 Å². The molecule has 0 saturated heterocycles. The minimum absolute atomic E-state index is 0.132. The van der Waals surface area contributed by atoms with Crippen molar-refractivity contribution < 1.29 is 19.3 Å². The highest BCUT2D eigenvalue weighted by molar-refractivity contribution is 9.09. The molecule has 0 heterocycles. The Balaban J connectivity index is 3.43. The predicted octanol–water partition coefficient (Wildman–Crippen LogP) is 1.97. The van der Waals surface area contributed by atoms with Crippen LogP contribution in [-0.2, 0) is 19.3 Å². The quantitative estimate of drug-likeness (QED) is 0.319. The highest BCUT2D eigenvalue weighted by Crippen LogP contribution is 2.05. The van der Waals surface area contributed by atoms with Crippen LogP contribution in [0, 0.1) is 0 Å². The number of halogens is 1. The van der Waals surface area contributed by atoms with Gasteiger partial charge in [-0.2, -0.15) is 4.89 Å². The molecule has 0 rings (SSSR count). The van der Waals surface area contributed by atoms with Gasteiger partial charge in [-0.3, -0.25) is 4.89 Å². The number of carbonyl (C=O) groups is 1. The number of rotatable bonds is 5. The van der Waals surface area contributed by atoms with E-state index in [4.69, 9.17) is 4.74 Å². The van der Waals surface area contributed by atoms with Crippen LogP contribution in [0.2, 0.25) is 0 Å². The summed E-state index contributed by atoms with van der Waals surface area (Å²) in [5.41, 5.74) is 0. The molecule has 0 aliphatic heterocycles. The summed E-state index contributed by atoms with van der Waals surface area (Å²) >= 11 is 3.16. The Kier molecular flexibility index (Phi) is 6.32. The number of hydrogen-bond acceptors (Lipinski definition) is 4. The van der Waals surface area contributed by atoms with Crippen molar-refractivity contribution in [3.8, 4) is 0 Å². The molecule has 0 spiro atoms. The van der Waals surface area contributed by atoms with E-state index in [-0.39, 0.29) is 11.4 Å². The maximum absolute atomic E-state index is 10.6. The fraction of sp³-hybridized carbons (Fsp3) is 0.857. The lowest BCUT2D eigenvalue weighted by Crippen LogP contribution is -2.18. The summed E-state index contributed by atoms with van der Waals surface area (Å²) < 4.78 is 5.06. The smallest absolute Gasteiger partial charge is 0.335 e. The Bertz CT molecular complexity index is 137. The van der Waals surface area contributed by atoms with Gasteiger partial charge in [-0.05, 0) is 13.8 Å². The topological polar surface area (TPSA) is 44.8 Å². The van der Waals surface area contributed by atoms with E-state index in [0.29, 0.717) is 0 Å². The van der Waals surface area contributed by atoms with Crippen LogP contribution in [0.15, 0.2) is 0 Å². The van der Waals surface area contributed by atoms with Crippen molar-refractivity contribution in [1.82, 2.24) is 0 Å². The standard InChI is InChI=1S/C7H13BrO4/c1-4-7(9)12-11-6(3)10-5(2)8/h5-6H,4H2,1-3H3. The van der Waals surface area contributed by atoms with Crippen molar-refractivity contribution in [1.29, 1.82) is 0 Å². The number of carbonyl (C=O) groups excluding carboxylic acids is 1. The summed E-state index contributed by atoms with van der Waals surface area (Å²) in [7, 11) is 0. The second-order valence-corrected chi connectivity index (χ2v) is 3.44. The van der Waals surface area contributed by atoms with Crippen molar-refractivity contribution in [2.24, 2.45) is 0 Å². The molecule has 5 heteroatoms. The first-order valence-corrected chi connectivity index (χ1v) is 4.63. The normalized spacial score (nSPS) is 15.3. The molecular weight excluding hydrogens is 228 g/mol. The molecular formula is C7H13BrO4. The van der Waals surface area contributed by atoms with E-state index in [0.717, 1.165) is 0 Å². The van der Waals surface area contributed by atoms with E-state index < -0.39 is 12.3 Å². The lowest BCUT2D eigenvalue weighted by molar-refractivity contribution is -0.347. The first-order chi connectivity index (χ1) is 5.56. The fourth-order valence-corrected chi connectivity index (χ4v) is 0.771. The molecule has 0 N–H and O–H groups in total. The fourth-order valence-electron chi connectivity index (χ4n) is 0.467. The second-order valence-electron chi connectivity index (χ2n) is 2.15. The molecule has 0 bridgehead atoms. The Morgan fingerprint density at radius 2 is 2.08 bits per heavy atom. The van der Waals surface area contributed by atoms with Gasteiger partial charge in [0, 0.05) is 6.42 Å². The summed E-state index contributed by atoms with van der Waals surface area (Å²) in [5, 5.41) is -0.132. The molecule has 72 valence electrons. The predicted molar refractivity (Wildman–Crippen MR) is 46.4 cm³/mol. The third-order valence-corrected chi connectivity index (χ3v) is 1.16. The van der Waals surface area contributed by atoms with Crippen LogP contribution in [0.3, 0.4) is 0 Å². The first kappa shape index (κ1) is 11.9. The molecule has 0 radical (unpaired) electrons. The average Bonchev–Trinajstić information content (AvgIpc) is 1.99. The van der Waals surface area contributed by atoms with Gasteiger partial charge in [-0.15, -0.1) is 0 Å². The summed E-state index contributed by atoms with van der Waals surface area (Å²) in [6.07, 6.45) is -0.272. The molecule has 0 aliphatic carbocycles. The average molecular weight is 241 g/mol. The van der Waals surface area contributed by atoms with Crippen LogP contribution < -0.4 is 0 Å².